The maximum absolute atomic E-state index is 12.8. The fourth-order valence-corrected chi connectivity index (χ4v) is 4.79. The van der Waals surface area contributed by atoms with E-state index < -0.39 is 5.41 Å². The van der Waals surface area contributed by atoms with Gasteiger partial charge in [0.25, 0.3) is 0 Å². The highest BCUT2D eigenvalue weighted by Gasteiger charge is 2.43. The van der Waals surface area contributed by atoms with Gasteiger partial charge in [0, 0.05) is 18.4 Å². The average Bonchev–Trinajstić information content (AvgIpc) is 2.67. The van der Waals surface area contributed by atoms with Gasteiger partial charge in [-0.2, -0.15) is 0 Å². The second kappa shape index (κ2) is 8.89. The number of carbonyl (C=O) groups is 2. The molecule has 3 rings (SSSR count). The van der Waals surface area contributed by atoms with Gasteiger partial charge in [0.1, 0.15) is 12.2 Å². The van der Waals surface area contributed by atoms with Crippen molar-refractivity contribution in [1.29, 1.82) is 0 Å². The zero-order valence-corrected chi connectivity index (χ0v) is 18.5. The zero-order chi connectivity index (χ0) is 21.2. The van der Waals surface area contributed by atoms with Crippen molar-refractivity contribution in [2.24, 2.45) is 29.1 Å². The quantitative estimate of drug-likeness (QED) is 0.561. The standard InChI is InChI=1S/C25H36O4/c1-6-25(4,5)24(27)29-21-15-16(2)14-18-11-10-17(3)20(23(18)21)13-12-19-8-7-9-22(26)28-19/h7,9-11,14,16-17,19-21,23H,6,8,12-13,15H2,1-5H3/t16-,17-,19?,20-,21-,23-/m0/s1. The van der Waals surface area contributed by atoms with Gasteiger partial charge in [0.15, 0.2) is 0 Å². The number of rotatable bonds is 6. The van der Waals surface area contributed by atoms with E-state index in [4.69, 9.17) is 9.47 Å². The zero-order valence-electron chi connectivity index (χ0n) is 18.5. The Morgan fingerprint density at radius 2 is 2.00 bits per heavy atom. The number of carbonyl (C=O) groups excluding carboxylic acids is 2. The highest BCUT2D eigenvalue weighted by atomic mass is 16.5. The highest BCUT2D eigenvalue weighted by molar-refractivity contribution is 5.82. The summed E-state index contributed by atoms with van der Waals surface area (Å²) in [7, 11) is 0. The summed E-state index contributed by atoms with van der Waals surface area (Å²) in [6.07, 6.45) is 14.4. The molecule has 0 spiro atoms. The topological polar surface area (TPSA) is 52.6 Å². The molecular formula is C25H36O4. The van der Waals surface area contributed by atoms with Crippen LogP contribution in [0.3, 0.4) is 0 Å². The van der Waals surface area contributed by atoms with Gasteiger partial charge in [-0.05, 0) is 62.9 Å². The number of ether oxygens (including phenoxy) is 2. The molecule has 0 saturated carbocycles. The monoisotopic (exact) mass is 400 g/mol. The number of esters is 2. The molecule has 4 nitrogen and oxygen atoms in total. The first-order chi connectivity index (χ1) is 13.7. The van der Waals surface area contributed by atoms with Gasteiger partial charge >= 0.3 is 11.9 Å². The first-order valence-electron chi connectivity index (χ1n) is 11.2. The van der Waals surface area contributed by atoms with E-state index in [2.05, 4.69) is 32.1 Å². The molecule has 160 valence electrons. The Bertz CT molecular complexity index is 714. The van der Waals surface area contributed by atoms with Crippen molar-refractivity contribution < 1.29 is 19.1 Å². The van der Waals surface area contributed by atoms with E-state index in [1.54, 1.807) is 0 Å². The minimum atomic E-state index is -0.460. The predicted octanol–water partition coefficient (Wildman–Crippen LogP) is 5.39. The Morgan fingerprint density at radius 3 is 2.69 bits per heavy atom. The summed E-state index contributed by atoms with van der Waals surface area (Å²) in [5.41, 5.74) is 0.846. The number of hydrogen-bond donors (Lipinski definition) is 0. The summed E-state index contributed by atoms with van der Waals surface area (Å²) in [5, 5.41) is 0. The van der Waals surface area contributed by atoms with E-state index in [9.17, 15) is 9.59 Å². The van der Waals surface area contributed by atoms with Crippen molar-refractivity contribution in [3.05, 3.63) is 36.0 Å². The van der Waals surface area contributed by atoms with Crippen LogP contribution < -0.4 is 0 Å². The third kappa shape index (κ3) is 5.02. The molecule has 4 heteroatoms. The maximum Gasteiger partial charge on any atom is 0.330 e. The lowest BCUT2D eigenvalue weighted by Crippen LogP contribution is -2.43. The largest absolute Gasteiger partial charge is 0.461 e. The van der Waals surface area contributed by atoms with Crippen LogP contribution in [0.25, 0.3) is 0 Å². The third-order valence-corrected chi connectivity index (χ3v) is 7.05. The van der Waals surface area contributed by atoms with Crippen LogP contribution in [0.4, 0.5) is 0 Å². The van der Waals surface area contributed by atoms with Crippen molar-refractivity contribution in [3.63, 3.8) is 0 Å². The fraction of sp³-hybridized carbons (Fsp3) is 0.680. The summed E-state index contributed by atoms with van der Waals surface area (Å²) in [4.78, 5) is 24.4. The molecule has 29 heavy (non-hydrogen) atoms. The number of hydrogen-bond acceptors (Lipinski definition) is 4. The Labute approximate surface area is 175 Å². The summed E-state index contributed by atoms with van der Waals surface area (Å²) in [5.74, 6) is 1.07. The van der Waals surface area contributed by atoms with E-state index in [1.807, 2.05) is 26.8 Å². The molecular weight excluding hydrogens is 364 g/mol. The van der Waals surface area contributed by atoms with Crippen molar-refractivity contribution in [3.8, 4) is 0 Å². The van der Waals surface area contributed by atoms with Crippen LogP contribution in [0.5, 0.6) is 0 Å². The van der Waals surface area contributed by atoms with Crippen LogP contribution in [0.1, 0.15) is 66.7 Å². The molecule has 1 unspecified atom stereocenters. The smallest absolute Gasteiger partial charge is 0.330 e. The van der Waals surface area contributed by atoms with Gasteiger partial charge < -0.3 is 9.47 Å². The molecule has 0 radical (unpaired) electrons. The molecule has 6 atom stereocenters. The lowest BCUT2D eigenvalue weighted by atomic mass is 9.65. The van der Waals surface area contributed by atoms with E-state index in [0.717, 1.165) is 32.1 Å². The van der Waals surface area contributed by atoms with Crippen LogP contribution in [0, 0.1) is 29.1 Å². The second-order valence-electron chi connectivity index (χ2n) is 9.74. The molecule has 0 saturated heterocycles. The van der Waals surface area contributed by atoms with E-state index in [0.29, 0.717) is 17.8 Å². The van der Waals surface area contributed by atoms with Gasteiger partial charge in [0.05, 0.1) is 5.41 Å². The fourth-order valence-electron chi connectivity index (χ4n) is 4.79. The van der Waals surface area contributed by atoms with Crippen molar-refractivity contribution in [1.82, 2.24) is 0 Å². The Morgan fingerprint density at radius 1 is 1.24 bits per heavy atom. The third-order valence-electron chi connectivity index (χ3n) is 7.05. The van der Waals surface area contributed by atoms with E-state index in [1.165, 1.54) is 11.6 Å². The number of fused-ring (bicyclic) bond motifs is 1. The SMILES string of the molecule is CCC(C)(C)C(=O)O[C@H]1C[C@@H](C)C=C2C=C[C@H](C)[C@H](CCC3CC=CC(=O)O3)[C@H]21. The average molecular weight is 401 g/mol. The lowest BCUT2D eigenvalue weighted by molar-refractivity contribution is -0.165. The highest BCUT2D eigenvalue weighted by Crippen LogP contribution is 2.45. The van der Waals surface area contributed by atoms with Crippen LogP contribution in [-0.2, 0) is 19.1 Å². The molecule has 0 N–H and O–H groups in total. The molecule has 2 aliphatic carbocycles. The van der Waals surface area contributed by atoms with Gasteiger partial charge in [-0.25, -0.2) is 4.79 Å². The Balaban J connectivity index is 1.77. The first kappa shape index (κ1) is 21.9. The van der Waals surface area contributed by atoms with Crippen molar-refractivity contribution in [2.75, 3.05) is 0 Å². The van der Waals surface area contributed by atoms with E-state index in [-0.39, 0.29) is 30.1 Å². The van der Waals surface area contributed by atoms with Crippen LogP contribution in [-0.4, -0.2) is 24.1 Å². The molecule has 0 amide bonds. The number of cyclic esters (lactones) is 1. The Hall–Kier alpha value is -1.84. The first-order valence-corrected chi connectivity index (χ1v) is 11.2. The normalized spacial score (nSPS) is 34.2. The molecule has 0 bridgehead atoms. The molecule has 1 heterocycles. The summed E-state index contributed by atoms with van der Waals surface area (Å²) in [6, 6.07) is 0. The van der Waals surface area contributed by atoms with Crippen molar-refractivity contribution >= 4 is 11.9 Å². The van der Waals surface area contributed by atoms with Gasteiger partial charge in [-0.1, -0.05) is 45.1 Å². The molecule has 1 aliphatic heterocycles. The van der Waals surface area contributed by atoms with Gasteiger partial charge in [0.2, 0.25) is 0 Å². The van der Waals surface area contributed by atoms with Gasteiger partial charge in [-0.15, -0.1) is 0 Å². The van der Waals surface area contributed by atoms with Gasteiger partial charge in [-0.3, -0.25) is 4.79 Å². The van der Waals surface area contributed by atoms with Crippen LogP contribution in [0.15, 0.2) is 36.0 Å². The maximum atomic E-state index is 12.8. The summed E-state index contributed by atoms with van der Waals surface area (Å²) < 4.78 is 11.6. The van der Waals surface area contributed by atoms with Crippen LogP contribution in [0.2, 0.25) is 0 Å². The minimum absolute atomic E-state index is 0.0411. The van der Waals surface area contributed by atoms with Crippen LogP contribution >= 0.6 is 0 Å². The predicted molar refractivity (Wildman–Crippen MR) is 114 cm³/mol. The lowest BCUT2D eigenvalue weighted by Gasteiger charge is -2.44. The summed E-state index contributed by atoms with van der Waals surface area (Å²) in [6.45, 7) is 10.4. The molecule has 0 aromatic rings. The van der Waals surface area contributed by atoms with E-state index >= 15 is 0 Å². The minimum Gasteiger partial charge on any atom is -0.461 e. The Kier molecular flexibility index (Phi) is 6.70. The molecule has 3 aliphatic rings. The molecule has 0 aromatic carbocycles. The number of allylic oxidation sites excluding steroid dienone is 3. The summed E-state index contributed by atoms with van der Waals surface area (Å²) >= 11 is 0. The molecule has 0 aromatic heterocycles. The van der Waals surface area contributed by atoms with Crippen molar-refractivity contribution in [2.45, 2.75) is 78.9 Å². The molecule has 0 fully saturated rings. The second-order valence-corrected chi connectivity index (χ2v) is 9.74.